The van der Waals surface area contributed by atoms with Crippen molar-refractivity contribution in [2.45, 2.75) is 102 Å². The molecule has 0 aromatic carbocycles. The molecule has 204 valence electrons. The standard InChI is InChI=1S/C25H37F7O3/c1-5-9-12-17-21(26,27)23(29,30)24(31,32)22(28,25(33-6-2,34-7-3)35-8-4)20-16-15-18-13-10-11-14-19(18)20/h10-11,14,18,20H,5-9,12-13,15-17H2,1-4H3. The predicted octanol–water partition coefficient (Wildman–Crippen LogP) is 7.86. The van der Waals surface area contributed by atoms with Crippen LogP contribution in [0.5, 0.6) is 0 Å². The second-order valence-electron chi connectivity index (χ2n) is 9.03. The van der Waals surface area contributed by atoms with Crippen LogP contribution in [0.1, 0.15) is 72.6 Å². The van der Waals surface area contributed by atoms with Crippen molar-refractivity contribution in [3.63, 3.8) is 0 Å². The zero-order valence-corrected chi connectivity index (χ0v) is 20.8. The Morgan fingerprint density at radius 2 is 1.37 bits per heavy atom. The van der Waals surface area contributed by atoms with E-state index in [1.165, 1.54) is 32.9 Å². The number of hydrogen-bond acceptors (Lipinski definition) is 3. The van der Waals surface area contributed by atoms with Crippen LogP contribution in [0, 0.1) is 11.8 Å². The van der Waals surface area contributed by atoms with Gasteiger partial charge in [-0.15, -0.1) is 0 Å². The van der Waals surface area contributed by atoms with Gasteiger partial charge >= 0.3 is 23.7 Å². The van der Waals surface area contributed by atoms with E-state index in [-0.39, 0.29) is 30.8 Å². The minimum atomic E-state index is -6.05. The Bertz CT molecular complexity index is 736. The number of ether oxygens (including phenoxy) is 3. The third-order valence-electron chi connectivity index (χ3n) is 6.86. The first kappa shape index (κ1) is 30.1. The summed E-state index contributed by atoms with van der Waals surface area (Å²) in [5, 5.41) is 0. The third-order valence-corrected chi connectivity index (χ3v) is 6.86. The van der Waals surface area contributed by atoms with Crippen molar-refractivity contribution in [2.75, 3.05) is 19.8 Å². The average Bonchev–Trinajstić information content (AvgIpc) is 3.23. The minimum absolute atomic E-state index is 0.141. The maximum atomic E-state index is 17.3. The molecule has 1 fully saturated rings. The van der Waals surface area contributed by atoms with Gasteiger partial charge in [0.05, 0.1) is 0 Å². The molecule has 3 unspecified atom stereocenters. The van der Waals surface area contributed by atoms with Crippen molar-refractivity contribution in [1.82, 2.24) is 0 Å². The molecule has 0 amide bonds. The highest BCUT2D eigenvalue weighted by Crippen LogP contribution is 2.63. The molecule has 0 N–H and O–H groups in total. The van der Waals surface area contributed by atoms with E-state index in [2.05, 4.69) is 0 Å². The topological polar surface area (TPSA) is 27.7 Å². The van der Waals surface area contributed by atoms with Gasteiger partial charge in [0.25, 0.3) is 5.67 Å². The number of rotatable bonds is 15. The van der Waals surface area contributed by atoms with Crippen LogP contribution in [0.2, 0.25) is 0 Å². The van der Waals surface area contributed by atoms with Crippen LogP contribution in [0.4, 0.5) is 30.7 Å². The molecule has 0 aromatic heterocycles. The summed E-state index contributed by atoms with van der Waals surface area (Å²) in [7, 11) is 0. The van der Waals surface area contributed by atoms with E-state index in [1.807, 2.05) is 0 Å². The maximum Gasteiger partial charge on any atom is 0.375 e. The van der Waals surface area contributed by atoms with Gasteiger partial charge in [-0.3, -0.25) is 0 Å². The molecule has 0 spiro atoms. The Kier molecular flexibility index (Phi) is 9.89. The lowest BCUT2D eigenvalue weighted by atomic mass is 9.72. The summed E-state index contributed by atoms with van der Waals surface area (Å²) < 4.78 is 125. The zero-order valence-electron chi connectivity index (χ0n) is 20.8. The first-order chi connectivity index (χ1) is 16.3. The summed E-state index contributed by atoms with van der Waals surface area (Å²) in [4.78, 5) is 0. The summed E-state index contributed by atoms with van der Waals surface area (Å²) in [6, 6.07) is 0. The van der Waals surface area contributed by atoms with Crippen LogP contribution in [0.15, 0.2) is 23.8 Å². The van der Waals surface area contributed by atoms with E-state index in [0.29, 0.717) is 12.8 Å². The van der Waals surface area contributed by atoms with Gasteiger partial charge in [0, 0.05) is 32.2 Å². The van der Waals surface area contributed by atoms with E-state index in [0.717, 1.165) is 0 Å². The minimum Gasteiger partial charge on any atom is -0.325 e. The lowest BCUT2D eigenvalue weighted by Crippen LogP contribution is -2.75. The number of fused-ring (bicyclic) bond motifs is 1. The molecule has 0 bridgehead atoms. The molecule has 0 aliphatic heterocycles. The van der Waals surface area contributed by atoms with Gasteiger partial charge in [-0.25, -0.2) is 4.39 Å². The molecule has 35 heavy (non-hydrogen) atoms. The highest BCUT2D eigenvalue weighted by atomic mass is 19.3. The lowest BCUT2D eigenvalue weighted by molar-refractivity contribution is -0.482. The van der Waals surface area contributed by atoms with Crippen molar-refractivity contribution in [3.05, 3.63) is 23.8 Å². The summed E-state index contributed by atoms with van der Waals surface area (Å²) in [5.41, 5.74) is -4.32. The molecular weight excluding hydrogens is 481 g/mol. The van der Waals surface area contributed by atoms with Crippen molar-refractivity contribution in [1.29, 1.82) is 0 Å². The Balaban J connectivity index is 2.77. The fourth-order valence-corrected chi connectivity index (χ4v) is 5.19. The van der Waals surface area contributed by atoms with E-state index >= 15 is 22.0 Å². The average molecular weight is 519 g/mol. The molecule has 0 saturated heterocycles. The van der Waals surface area contributed by atoms with Crippen LogP contribution in [0.3, 0.4) is 0 Å². The van der Waals surface area contributed by atoms with Gasteiger partial charge in [-0.2, -0.15) is 26.3 Å². The summed E-state index contributed by atoms with van der Waals surface area (Å²) in [5.74, 6) is -22.8. The van der Waals surface area contributed by atoms with Crippen molar-refractivity contribution in [3.8, 4) is 0 Å². The van der Waals surface area contributed by atoms with E-state index < -0.39 is 68.0 Å². The fraction of sp³-hybridized carbons (Fsp3) is 0.840. The molecule has 3 atom stereocenters. The van der Waals surface area contributed by atoms with Gasteiger partial charge in [-0.05, 0) is 52.4 Å². The molecule has 0 radical (unpaired) electrons. The highest BCUT2D eigenvalue weighted by Gasteiger charge is 2.87. The predicted molar refractivity (Wildman–Crippen MR) is 118 cm³/mol. The highest BCUT2D eigenvalue weighted by molar-refractivity contribution is 5.32. The van der Waals surface area contributed by atoms with Gasteiger partial charge in [0.2, 0.25) is 0 Å². The Morgan fingerprint density at radius 1 is 0.800 bits per heavy atom. The Morgan fingerprint density at radius 3 is 1.89 bits per heavy atom. The SMILES string of the molecule is CCCCCC(F)(F)C(F)(F)C(F)(F)C(F)(C1CCC2CC=CC=C21)C(OCC)(OCC)OCC. The van der Waals surface area contributed by atoms with Crippen molar-refractivity contribution >= 4 is 0 Å². The third kappa shape index (κ3) is 5.04. The number of unbranched alkanes of at least 4 members (excludes halogenated alkanes) is 2. The lowest BCUT2D eigenvalue weighted by Gasteiger charge is -2.51. The second-order valence-corrected chi connectivity index (χ2v) is 9.03. The van der Waals surface area contributed by atoms with Crippen LogP contribution in [0.25, 0.3) is 0 Å². The number of hydrogen-bond donors (Lipinski definition) is 0. The number of halogens is 7. The Labute approximate surface area is 203 Å². The molecule has 10 heteroatoms. The van der Waals surface area contributed by atoms with Gasteiger partial charge < -0.3 is 14.2 Å². The molecule has 0 heterocycles. The molecule has 1 saturated carbocycles. The van der Waals surface area contributed by atoms with Crippen LogP contribution >= 0.6 is 0 Å². The van der Waals surface area contributed by atoms with Crippen molar-refractivity contribution < 1.29 is 44.9 Å². The smallest absolute Gasteiger partial charge is 0.325 e. The van der Waals surface area contributed by atoms with Gasteiger partial charge in [0.1, 0.15) is 0 Å². The maximum absolute atomic E-state index is 17.3. The number of alkyl halides is 7. The zero-order chi connectivity index (χ0) is 26.5. The van der Waals surface area contributed by atoms with Crippen LogP contribution in [-0.4, -0.2) is 49.2 Å². The van der Waals surface area contributed by atoms with Crippen LogP contribution < -0.4 is 0 Å². The normalized spacial score (nSPS) is 23.2. The van der Waals surface area contributed by atoms with E-state index in [9.17, 15) is 8.78 Å². The molecule has 2 aliphatic carbocycles. The second kappa shape index (κ2) is 11.5. The molecule has 3 nitrogen and oxygen atoms in total. The Hall–Kier alpha value is -1.13. The summed E-state index contributed by atoms with van der Waals surface area (Å²) in [6.45, 7) is 4.27. The van der Waals surface area contributed by atoms with E-state index in [4.69, 9.17) is 14.2 Å². The van der Waals surface area contributed by atoms with Gasteiger partial charge in [-0.1, -0.05) is 43.6 Å². The fourth-order valence-electron chi connectivity index (χ4n) is 5.19. The summed E-state index contributed by atoms with van der Waals surface area (Å²) >= 11 is 0. The van der Waals surface area contributed by atoms with Crippen LogP contribution in [-0.2, 0) is 14.2 Å². The van der Waals surface area contributed by atoms with E-state index in [1.54, 1.807) is 13.0 Å². The largest absolute Gasteiger partial charge is 0.375 e. The first-order valence-electron chi connectivity index (χ1n) is 12.4. The van der Waals surface area contributed by atoms with Gasteiger partial charge in [0.15, 0.2) is 0 Å². The first-order valence-corrected chi connectivity index (χ1v) is 12.4. The summed E-state index contributed by atoms with van der Waals surface area (Å²) in [6.07, 6.45) is 3.64. The molecular formula is C25H37F7O3. The number of allylic oxidation sites excluding steroid dienone is 4. The molecule has 2 aliphatic rings. The molecule has 0 aromatic rings. The monoisotopic (exact) mass is 518 g/mol. The molecule has 2 rings (SSSR count). The van der Waals surface area contributed by atoms with Crippen molar-refractivity contribution in [2.24, 2.45) is 11.8 Å². The quantitative estimate of drug-likeness (QED) is 0.126.